The Morgan fingerprint density at radius 1 is 1.22 bits per heavy atom. The Morgan fingerprint density at radius 3 is 2.48 bits per heavy atom. The van der Waals surface area contributed by atoms with Crippen molar-refractivity contribution in [2.24, 2.45) is 11.7 Å². The van der Waals surface area contributed by atoms with Gasteiger partial charge in [-0.05, 0) is 31.9 Å². The van der Waals surface area contributed by atoms with E-state index in [0.29, 0.717) is 5.92 Å². The number of primary amides is 1. The average Bonchev–Trinajstić information content (AvgIpc) is 2.88. The van der Waals surface area contributed by atoms with Gasteiger partial charge in [-0.1, -0.05) is 43.8 Å². The van der Waals surface area contributed by atoms with Gasteiger partial charge in [0.15, 0.2) is 5.16 Å². The minimum Gasteiger partial charge on any atom is -0.370 e. The molecule has 1 heterocycles. The normalized spacial score (nSPS) is 11.0. The molecule has 0 aliphatic carbocycles. The van der Waals surface area contributed by atoms with E-state index in [9.17, 15) is 9.59 Å². The van der Waals surface area contributed by atoms with E-state index in [-0.39, 0.29) is 24.6 Å². The summed E-state index contributed by atoms with van der Waals surface area (Å²) < 4.78 is 2.17. The number of rotatable bonds is 9. The van der Waals surface area contributed by atoms with Crippen molar-refractivity contribution in [3.05, 3.63) is 41.7 Å². The maximum Gasteiger partial charge on any atom is 0.237 e. The lowest BCUT2D eigenvalue weighted by Gasteiger charge is -2.22. The van der Waals surface area contributed by atoms with Crippen molar-refractivity contribution >= 4 is 29.3 Å². The number of imidazole rings is 1. The number of hydrogen-bond acceptors (Lipinski definition) is 4. The Morgan fingerprint density at radius 2 is 1.89 bits per heavy atom. The first-order valence-corrected chi connectivity index (χ1v) is 10.1. The van der Waals surface area contributed by atoms with Gasteiger partial charge in [-0.2, -0.15) is 0 Å². The summed E-state index contributed by atoms with van der Waals surface area (Å²) in [4.78, 5) is 30.3. The zero-order chi connectivity index (χ0) is 20.0. The number of nitrogens with zero attached hydrogens (tertiary/aromatic N) is 3. The quantitative estimate of drug-likeness (QED) is 0.669. The summed E-state index contributed by atoms with van der Waals surface area (Å²) in [5, 5.41) is 0.856. The Bertz CT molecular complexity index is 787. The second kappa shape index (κ2) is 9.60. The second-order valence-corrected chi connectivity index (χ2v) is 7.90. The van der Waals surface area contributed by atoms with Crippen LogP contribution in [0.4, 0.5) is 5.69 Å². The van der Waals surface area contributed by atoms with Crippen LogP contribution in [0, 0.1) is 19.8 Å². The number of nitrogens with two attached hydrogens (primary N) is 1. The number of carbonyl (C=O) groups is 2. The van der Waals surface area contributed by atoms with Crippen molar-refractivity contribution in [2.75, 3.05) is 17.2 Å². The molecular formula is C20H28N4O2S. The molecule has 1 aromatic heterocycles. The van der Waals surface area contributed by atoms with Gasteiger partial charge in [0.2, 0.25) is 11.8 Å². The molecule has 7 heteroatoms. The number of amides is 2. The molecule has 146 valence electrons. The highest BCUT2D eigenvalue weighted by Crippen LogP contribution is 2.24. The van der Waals surface area contributed by atoms with Crippen molar-refractivity contribution in [3.63, 3.8) is 0 Å². The monoisotopic (exact) mass is 388 g/mol. The highest BCUT2D eigenvalue weighted by Gasteiger charge is 2.19. The van der Waals surface area contributed by atoms with Crippen molar-refractivity contribution in [3.8, 4) is 0 Å². The van der Waals surface area contributed by atoms with Gasteiger partial charge in [0.25, 0.3) is 0 Å². The largest absolute Gasteiger partial charge is 0.370 e. The molecule has 27 heavy (non-hydrogen) atoms. The third kappa shape index (κ3) is 5.85. The van der Waals surface area contributed by atoms with E-state index < -0.39 is 5.91 Å². The number of aromatic nitrogens is 2. The van der Waals surface area contributed by atoms with Crippen LogP contribution in [0.15, 0.2) is 35.5 Å². The number of thioether (sulfide) groups is 1. The van der Waals surface area contributed by atoms with E-state index >= 15 is 0 Å². The molecule has 2 N–H and O–H groups in total. The van der Waals surface area contributed by atoms with E-state index in [1.165, 1.54) is 11.8 Å². The second-order valence-electron chi connectivity index (χ2n) is 6.96. The summed E-state index contributed by atoms with van der Waals surface area (Å²) >= 11 is 1.43. The molecule has 0 atom stereocenters. The van der Waals surface area contributed by atoms with E-state index in [1.54, 1.807) is 4.90 Å². The van der Waals surface area contributed by atoms with Crippen LogP contribution >= 0.6 is 11.8 Å². The van der Waals surface area contributed by atoms with Gasteiger partial charge < -0.3 is 15.2 Å². The average molecular weight is 389 g/mol. The van der Waals surface area contributed by atoms with Crippen molar-refractivity contribution in [1.82, 2.24) is 9.55 Å². The van der Waals surface area contributed by atoms with Crippen molar-refractivity contribution in [2.45, 2.75) is 45.8 Å². The first-order valence-electron chi connectivity index (χ1n) is 9.09. The fourth-order valence-corrected chi connectivity index (χ4v) is 3.72. The van der Waals surface area contributed by atoms with Crippen LogP contribution in [0.1, 0.15) is 31.7 Å². The number of hydrogen-bond donors (Lipinski definition) is 1. The lowest BCUT2D eigenvalue weighted by atomic mass is 10.2. The summed E-state index contributed by atoms with van der Waals surface area (Å²) in [5.41, 5.74) is 8.16. The Labute approximate surface area is 165 Å². The van der Waals surface area contributed by atoms with Gasteiger partial charge in [-0.25, -0.2) is 4.98 Å². The van der Waals surface area contributed by atoms with Crippen LogP contribution in [-0.4, -0.2) is 33.7 Å². The van der Waals surface area contributed by atoms with Crippen LogP contribution in [0.25, 0.3) is 0 Å². The molecule has 0 saturated carbocycles. The summed E-state index contributed by atoms with van der Waals surface area (Å²) in [5.74, 6) is 0.252. The summed E-state index contributed by atoms with van der Waals surface area (Å²) in [6.07, 6.45) is 0.130. The summed E-state index contributed by atoms with van der Waals surface area (Å²) in [6, 6.07) is 9.35. The Balaban J connectivity index is 2.14. The maximum atomic E-state index is 12.9. The third-order valence-corrected chi connectivity index (χ3v) is 5.21. The maximum absolute atomic E-state index is 12.9. The van der Waals surface area contributed by atoms with Gasteiger partial charge >= 0.3 is 0 Å². The molecule has 2 amide bonds. The lowest BCUT2D eigenvalue weighted by Crippen LogP contribution is -2.35. The number of anilines is 1. The zero-order valence-corrected chi connectivity index (χ0v) is 17.3. The number of aryl methyl sites for hydroxylation is 1. The molecule has 0 bridgehead atoms. The molecular weight excluding hydrogens is 360 g/mol. The van der Waals surface area contributed by atoms with Gasteiger partial charge in [-0.15, -0.1) is 0 Å². The zero-order valence-electron chi connectivity index (χ0n) is 16.4. The van der Waals surface area contributed by atoms with Gasteiger partial charge in [-0.3, -0.25) is 9.59 Å². The van der Waals surface area contributed by atoms with E-state index in [2.05, 4.69) is 30.3 Å². The van der Waals surface area contributed by atoms with Gasteiger partial charge in [0.05, 0.1) is 11.4 Å². The standard InChI is InChI=1S/C20H28N4O2S/c1-14(2)12-24-16(4)15(3)22-20(24)27-13-19(26)23(11-10-18(21)25)17-8-6-5-7-9-17/h5-9,14H,10-13H2,1-4H3,(H2,21,25). The van der Waals surface area contributed by atoms with E-state index in [1.807, 2.05) is 37.3 Å². The highest BCUT2D eigenvalue weighted by atomic mass is 32.2. The van der Waals surface area contributed by atoms with Gasteiger partial charge in [0.1, 0.15) is 0 Å². The van der Waals surface area contributed by atoms with Crippen molar-refractivity contribution < 1.29 is 9.59 Å². The minimum atomic E-state index is -0.421. The molecule has 0 aliphatic heterocycles. The van der Waals surface area contributed by atoms with E-state index in [0.717, 1.165) is 28.8 Å². The Kier molecular flexibility index (Phi) is 7.47. The molecule has 0 aliphatic rings. The molecule has 0 fully saturated rings. The first-order chi connectivity index (χ1) is 12.8. The molecule has 1 aromatic carbocycles. The van der Waals surface area contributed by atoms with E-state index in [4.69, 9.17) is 5.73 Å². The molecule has 0 radical (unpaired) electrons. The predicted octanol–water partition coefficient (Wildman–Crippen LogP) is 3.16. The topological polar surface area (TPSA) is 81.2 Å². The smallest absolute Gasteiger partial charge is 0.237 e. The SMILES string of the molecule is Cc1nc(SCC(=O)N(CCC(N)=O)c2ccccc2)n(CC(C)C)c1C. The van der Waals surface area contributed by atoms with Crippen LogP contribution in [0.3, 0.4) is 0 Å². The lowest BCUT2D eigenvalue weighted by molar-refractivity contribution is -0.118. The first kappa shape index (κ1) is 21.0. The number of carbonyl (C=O) groups excluding carboxylic acids is 2. The molecule has 0 unspecified atom stereocenters. The molecule has 2 aromatic rings. The molecule has 6 nitrogen and oxygen atoms in total. The fourth-order valence-electron chi connectivity index (χ4n) is 2.75. The molecule has 0 saturated heterocycles. The fraction of sp³-hybridized carbons (Fsp3) is 0.450. The predicted molar refractivity (Wildman–Crippen MR) is 110 cm³/mol. The van der Waals surface area contributed by atoms with Crippen LogP contribution in [0.5, 0.6) is 0 Å². The van der Waals surface area contributed by atoms with Crippen LogP contribution < -0.4 is 10.6 Å². The summed E-state index contributed by atoms with van der Waals surface area (Å²) in [6.45, 7) is 9.51. The molecule has 0 spiro atoms. The third-order valence-electron chi connectivity index (χ3n) is 4.25. The van der Waals surface area contributed by atoms with Gasteiger partial charge in [0, 0.05) is 30.9 Å². The number of benzene rings is 1. The van der Waals surface area contributed by atoms with Crippen LogP contribution in [-0.2, 0) is 16.1 Å². The highest BCUT2D eigenvalue weighted by molar-refractivity contribution is 7.99. The number of para-hydroxylation sites is 1. The Hall–Kier alpha value is -2.28. The molecule has 2 rings (SSSR count). The van der Waals surface area contributed by atoms with Crippen LogP contribution in [0.2, 0.25) is 0 Å². The van der Waals surface area contributed by atoms with Crippen molar-refractivity contribution in [1.29, 1.82) is 0 Å². The minimum absolute atomic E-state index is 0.0677. The summed E-state index contributed by atoms with van der Waals surface area (Å²) in [7, 11) is 0.